The molecule has 0 saturated carbocycles. The van der Waals surface area contributed by atoms with Gasteiger partial charge in [0.25, 0.3) is 0 Å². The quantitative estimate of drug-likeness (QED) is 0.629. The minimum atomic E-state index is -1.22. The van der Waals surface area contributed by atoms with Gasteiger partial charge in [0, 0.05) is 5.56 Å². The van der Waals surface area contributed by atoms with Crippen molar-refractivity contribution >= 4 is 44.8 Å². The largest absolute Gasteiger partial charge is 0.501 e. The third-order valence-electron chi connectivity index (χ3n) is 4.63. The van der Waals surface area contributed by atoms with E-state index in [2.05, 4.69) is 0 Å². The molecule has 3 aromatic rings. The first kappa shape index (κ1) is 17.5. The fraction of sp³-hybridized carbons (Fsp3) is 0.211. The number of thiazole rings is 1. The van der Waals surface area contributed by atoms with Gasteiger partial charge in [0.05, 0.1) is 16.1 Å². The van der Waals surface area contributed by atoms with Crippen LogP contribution >= 0.6 is 23.6 Å². The molecule has 2 N–H and O–H groups in total. The molecule has 3 rings (SSSR count). The van der Waals surface area contributed by atoms with Crippen LogP contribution in [-0.4, -0.2) is 26.2 Å². The van der Waals surface area contributed by atoms with Crippen LogP contribution in [0.2, 0.25) is 0 Å². The average molecular weight is 371 g/mol. The second-order valence-corrected chi connectivity index (χ2v) is 7.52. The van der Waals surface area contributed by atoms with E-state index >= 15 is 0 Å². The Labute approximate surface area is 154 Å². The third-order valence-corrected chi connectivity index (χ3v) is 6.31. The van der Waals surface area contributed by atoms with Crippen molar-refractivity contribution < 1.29 is 15.0 Å². The number of para-hydroxylation sites is 1. The first-order valence-corrected chi connectivity index (χ1v) is 9.00. The van der Waals surface area contributed by atoms with Crippen LogP contribution in [0.5, 0.6) is 0 Å². The SMILES string of the molecule is CC(C(=O)O)C(C)(C(O)=S)c1nc2c(-c3ccccc3)cccc2s1. The van der Waals surface area contributed by atoms with Gasteiger partial charge >= 0.3 is 5.97 Å². The number of hydrogen-bond acceptors (Lipinski definition) is 4. The van der Waals surface area contributed by atoms with Crippen molar-refractivity contribution in [2.45, 2.75) is 19.3 Å². The lowest BCUT2D eigenvalue weighted by molar-refractivity contribution is -0.142. The van der Waals surface area contributed by atoms with E-state index in [0.29, 0.717) is 5.01 Å². The highest BCUT2D eigenvalue weighted by Crippen LogP contribution is 2.40. The Morgan fingerprint density at radius 1 is 1.16 bits per heavy atom. The Bertz CT molecular complexity index is 952. The maximum absolute atomic E-state index is 11.5. The first-order valence-electron chi connectivity index (χ1n) is 7.77. The van der Waals surface area contributed by atoms with Gasteiger partial charge in [0.2, 0.25) is 0 Å². The molecule has 25 heavy (non-hydrogen) atoms. The van der Waals surface area contributed by atoms with Crippen molar-refractivity contribution in [1.82, 2.24) is 4.98 Å². The molecule has 0 aliphatic heterocycles. The number of thiocarbonyl (C=S) groups is 1. The summed E-state index contributed by atoms with van der Waals surface area (Å²) in [5.74, 6) is -1.92. The standard InChI is InChI=1S/C19H17NO3S2/c1-11(16(21)22)19(2,18(23)24)17-20-15-13(9-6-10-14(15)25-17)12-7-4-3-5-8-12/h3-11H,1-2H3,(H,21,22)(H,23,24). The number of aliphatic hydroxyl groups is 1. The predicted molar refractivity (Wildman–Crippen MR) is 104 cm³/mol. The minimum absolute atomic E-state index is 0.359. The molecular weight excluding hydrogens is 354 g/mol. The van der Waals surface area contributed by atoms with Crippen molar-refractivity contribution in [3.8, 4) is 11.1 Å². The molecule has 0 aliphatic rings. The Morgan fingerprint density at radius 2 is 1.84 bits per heavy atom. The lowest BCUT2D eigenvalue weighted by Gasteiger charge is -2.28. The number of aliphatic carboxylic acids is 1. The van der Waals surface area contributed by atoms with Crippen LogP contribution in [-0.2, 0) is 10.2 Å². The van der Waals surface area contributed by atoms with Crippen LogP contribution in [0.25, 0.3) is 21.3 Å². The van der Waals surface area contributed by atoms with Crippen LogP contribution in [0.3, 0.4) is 0 Å². The summed E-state index contributed by atoms with van der Waals surface area (Å²) in [5.41, 5.74) is 1.56. The molecule has 0 aliphatic carbocycles. The van der Waals surface area contributed by atoms with Gasteiger partial charge in [-0.3, -0.25) is 4.79 Å². The minimum Gasteiger partial charge on any atom is -0.501 e. The Morgan fingerprint density at radius 3 is 2.44 bits per heavy atom. The highest BCUT2D eigenvalue weighted by Gasteiger charge is 2.44. The molecule has 2 unspecified atom stereocenters. The second-order valence-electron chi connectivity index (χ2n) is 6.10. The summed E-state index contributed by atoms with van der Waals surface area (Å²) in [5, 5.41) is 19.7. The van der Waals surface area contributed by atoms with Crippen LogP contribution in [0.15, 0.2) is 48.5 Å². The molecule has 2 atom stereocenters. The second kappa shape index (κ2) is 6.54. The topological polar surface area (TPSA) is 70.4 Å². The highest BCUT2D eigenvalue weighted by atomic mass is 32.1. The van der Waals surface area contributed by atoms with E-state index in [-0.39, 0.29) is 5.05 Å². The molecule has 0 bridgehead atoms. The number of carbonyl (C=O) groups is 1. The lowest BCUT2D eigenvalue weighted by atomic mass is 9.79. The molecule has 2 aromatic carbocycles. The van der Waals surface area contributed by atoms with E-state index in [9.17, 15) is 15.0 Å². The molecule has 4 nitrogen and oxygen atoms in total. The van der Waals surface area contributed by atoms with Crippen molar-refractivity contribution in [2.24, 2.45) is 5.92 Å². The van der Waals surface area contributed by atoms with E-state index in [1.165, 1.54) is 18.3 Å². The number of nitrogens with zero attached hydrogens (tertiary/aromatic N) is 1. The smallest absolute Gasteiger partial charge is 0.307 e. The third kappa shape index (κ3) is 2.92. The Balaban J connectivity index is 2.22. The number of fused-ring (bicyclic) bond motifs is 1. The molecule has 0 spiro atoms. The Kier molecular flexibility index (Phi) is 4.58. The number of aromatic nitrogens is 1. The molecule has 1 heterocycles. The number of hydrogen-bond donors (Lipinski definition) is 2. The van der Waals surface area contributed by atoms with Gasteiger partial charge in [-0.15, -0.1) is 11.3 Å². The summed E-state index contributed by atoms with van der Waals surface area (Å²) >= 11 is 6.36. The fourth-order valence-electron chi connectivity index (χ4n) is 2.73. The zero-order valence-corrected chi connectivity index (χ0v) is 15.4. The molecule has 128 valence electrons. The number of aliphatic hydroxyl groups excluding tert-OH is 1. The number of benzene rings is 2. The molecule has 6 heteroatoms. The molecule has 1 aromatic heterocycles. The summed E-state index contributed by atoms with van der Waals surface area (Å²) in [6, 6.07) is 15.7. The van der Waals surface area contributed by atoms with Gasteiger partial charge < -0.3 is 10.2 Å². The maximum Gasteiger partial charge on any atom is 0.307 e. The monoisotopic (exact) mass is 371 g/mol. The van der Waals surface area contributed by atoms with E-state index < -0.39 is 17.3 Å². The van der Waals surface area contributed by atoms with Crippen LogP contribution in [0, 0.1) is 5.92 Å². The molecule has 0 radical (unpaired) electrons. The lowest BCUT2D eigenvalue weighted by Crippen LogP contribution is -2.41. The summed E-state index contributed by atoms with van der Waals surface area (Å²) in [7, 11) is 0. The van der Waals surface area contributed by atoms with Crippen molar-refractivity contribution in [3.63, 3.8) is 0 Å². The molecule has 0 fully saturated rings. The number of carboxylic acid groups (broad SMARTS) is 1. The van der Waals surface area contributed by atoms with Gasteiger partial charge in [-0.2, -0.15) is 0 Å². The summed E-state index contributed by atoms with van der Waals surface area (Å²) in [6.45, 7) is 3.17. The van der Waals surface area contributed by atoms with E-state index in [0.717, 1.165) is 21.3 Å². The fourth-order valence-corrected chi connectivity index (χ4v) is 4.30. The van der Waals surface area contributed by atoms with Crippen molar-refractivity contribution in [1.29, 1.82) is 0 Å². The van der Waals surface area contributed by atoms with Crippen LogP contribution in [0.1, 0.15) is 18.9 Å². The van der Waals surface area contributed by atoms with Crippen LogP contribution < -0.4 is 0 Å². The van der Waals surface area contributed by atoms with E-state index in [4.69, 9.17) is 17.2 Å². The van der Waals surface area contributed by atoms with Crippen molar-refractivity contribution in [3.05, 3.63) is 53.5 Å². The Hall–Kier alpha value is -2.31. The average Bonchev–Trinajstić information content (AvgIpc) is 3.05. The maximum atomic E-state index is 11.5. The molecular formula is C19H17NO3S2. The summed E-state index contributed by atoms with van der Waals surface area (Å²) in [6.07, 6.45) is 0. The van der Waals surface area contributed by atoms with E-state index in [1.807, 2.05) is 48.5 Å². The highest BCUT2D eigenvalue weighted by molar-refractivity contribution is 7.80. The predicted octanol–water partition coefficient (Wildman–Crippen LogP) is 4.83. The first-order chi connectivity index (χ1) is 11.9. The van der Waals surface area contributed by atoms with Gasteiger partial charge in [0.1, 0.15) is 10.4 Å². The summed E-state index contributed by atoms with van der Waals surface area (Å²) < 4.78 is 0.927. The molecule has 0 saturated heterocycles. The van der Waals surface area contributed by atoms with Gasteiger partial charge in [-0.25, -0.2) is 4.98 Å². The van der Waals surface area contributed by atoms with Gasteiger partial charge in [0.15, 0.2) is 5.05 Å². The zero-order valence-electron chi connectivity index (χ0n) is 13.8. The van der Waals surface area contributed by atoms with Crippen LogP contribution in [0.4, 0.5) is 0 Å². The normalized spacial score (nSPS) is 14.8. The van der Waals surface area contributed by atoms with Gasteiger partial charge in [-0.1, -0.05) is 49.4 Å². The van der Waals surface area contributed by atoms with Gasteiger partial charge in [-0.05, 0) is 30.8 Å². The molecule has 0 amide bonds. The van der Waals surface area contributed by atoms with Crippen molar-refractivity contribution in [2.75, 3.05) is 0 Å². The summed E-state index contributed by atoms with van der Waals surface area (Å²) in [4.78, 5) is 16.2. The zero-order chi connectivity index (χ0) is 18.2. The number of rotatable bonds is 5. The van der Waals surface area contributed by atoms with E-state index in [1.54, 1.807) is 6.92 Å². The number of carboxylic acids is 1.